The van der Waals surface area contributed by atoms with E-state index in [9.17, 15) is 0 Å². The molecular formula is C23H34N4O2. The Morgan fingerprint density at radius 2 is 2.03 bits per heavy atom. The van der Waals surface area contributed by atoms with Gasteiger partial charge in [0.1, 0.15) is 0 Å². The molecule has 1 aliphatic heterocycles. The fourth-order valence-electron chi connectivity index (χ4n) is 4.02. The average Bonchev–Trinajstić information content (AvgIpc) is 3.19. The summed E-state index contributed by atoms with van der Waals surface area (Å²) in [6.45, 7) is 4.32. The molecule has 29 heavy (non-hydrogen) atoms. The summed E-state index contributed by atoms with van der Waals surface area (Å²) >= 11 is 0. The zero-order valence-electron chi connectivity index (χ0n) is 17.1. The van der Waals surface area contributed by atoms with E-state index in [0.717, 1.165) is 69.1 Å². The predicted molar refractivity (Wildman–Crippen MR) is 120 cm³/mol. The number of anilines is 2. The quantitative estimate of drug-likeness (QED) is 0.611. The van der Waals surface area contributed by atoms with E-state index in [1.807, 2.05) is 6.20 Å². The van der Waals surface area contributed by atoms with Gasteiger partial charge in [-0.3, -0.25) is 0 Å². The first kappa shape index (κ1) is 20.0. The molecule has 6 heteroatoms. The first-order valence-corrected chi connectivity index (χ1v) is 10.5. The fourth-order valence-corrected chi connectivity index (χ4v) is 4.02. The molecule has 2 aliphatic rings. The second kappa shape index (κ2) is 9.96. The Kier molecular flexibility index (Phi) is 6.87. The van der Waals surface area contributed by atoms with Crippen molar-refractivity contribution in [1.29, 1.82) is 0 Å². The topological polar surface area (TPSA) is 68.3 Å². The highest BCUT2D eigenvalue weighted by Crippen LogP contribution is 2.38. The zero-order chi connectivity index (χ0) is 19.9. The van der Waals surface area contributed by atoms with Gasteiger partial charge in [0.15, 0.2) is 0 Å². The van der Waals surface area contributed by atoms with Crippen LogP contribution in [0.25, 0.3) is 6.08 Å². The Morgan fingerprint density at radius 3 is 2.83 bits per heavy atom. The summed E-state index contributed by atoms with van der Waals surface area (Å²) in [6.07, 6.45) is 9.60. The summed E-state index contributed by atoms with van der Waals surface area (Å²) in [7, 11) is 1.73. The molecule has 6 nitrogen and oxygen atoms in total. The van der Waals surface area contributed by atoms with Gasteiger partial charge in [0.2, 0.25) is 5.95 Å². The third-order valence-electron chi connectivity index (χ3n) is 5.66. The minimum Gasteiger partial charge on any atom is -0.385 e. The summed E-state index contributed by atoms with van der Waals surface area (Å²) in [5.74, 6) is 1.65. The number of methoxy groups -OCH3 is 1. The van der Waals surface area contributed by atoms with Crippen LogP contribution in [0.1, 0.15) is 44.9 Å². The van der Waals surface area contributed by atoms with Crippen LogP contribution in [0, 0.1) is 5.92 Å². The van der Waals surface area contributed by atoms with Gasteiger partial charge in [-0.2, -0.15) is 0 Å². The van der Waals surface area contributed by atoms with Crippen LogP contribution in [-0.2, 0) is 16.0 Å². The molecule has 1 saturated heterocycles. The number of ether oxygens (including phenoxy) is 2. The van der Waals surface area contributed by atoms with Crippen LogP contribution in [0.2, 0.25) is 0 Å². The number of nitrogens with zero attached hydrogens (tertiary/aromatic N) is 2. The van der Waals surface area contributed by atoms with Gasteiger partial charge in [-0.1, -0.05) is 24.3 Å². The molecular weight excluding hydrogens is 364 g/mol. The molecule has 4 rings (SSSR count). The van der Waals surface area contributed by atoms with Crippen molar-refractivity contribution in [1.82, 2.24) is 15.3 Å². The molecule has 1 atom stereocenters. The van der Waals surface area contributed by atoms with E-state index in [1.165, 1.54) is 5.56 Å². The van der Waals surface area contributed by atoms with Crippen LogP contribution < -0.4 is 10.6 Å². The highest BCUT2D eigenvalue weighted by atomic mass is 16.5. The fraction of sp³-hybridized carbons (Fsp3) is 0.478. The summed E-state index contributed by atoms with van der Waals surface area (Å²) < 4.78 is 10.6. The highest BCUT2D eigenvalue weighted by molar-refractivity contribution is 5.62. The van der Waals surface area contributed by atoms with Crippen molar-refractivity contribution in [3.05, 3.63) is 53.4 Å². The first-order valence-electron chi connectivity index (χ1n) is 10.5. The van der Waals surface area contributed by atoms with E-state index in [4.69, 9.17) is 14.5 Å². The summed E-state index contributed by atoms with van der Waals surface area (Å²) in [4.78, 5) is 9.36. The largest absolute Gasteiger partial charge is 0.385 e. The second-order valence-corrected chi connectivity index (χ2v) is 7.71. The number of benzene rings is 1. The lowest BCUT2D eigenvalue weighted by atomic mass is 9.85. The Hall–Kier alpha value is -2.28. The van der Waals surface area contributed by atoms with Crippen LogP contribution in [0.5, 0.6) is 0 Å². The number of hydrogen-bond acceptors (Lipinski definition) is 6. The maximum absolute atomic E-state index is 5.52. The van der Waals surface area contributed by atoms with Crippen molar-refractivity contribution in [3.8, 4) is 0 Å². The second-order valence-electron chi connectivity index (χ2n) is 7.71. The molecule has 158 valence electrons. The van der Waals surface area contributed by atoms with Crippen molar-refractivity contribution >= 4 is 17.7 Å². The van der Waals surface area contributed by atoms with Crippen molar-refractivity contribution < 1.29 is 12.3 Å². The highest BCUT2D eigenvalue weighted by Gasteiger charge is 2.29. The standard InChI is InChI=1S/C23H30N4O2.2H2/c1-28-12-2-11-24-15-17-3-6-20(7-4-17)26-23-25-16-19-5-8-21(22(19)27-23)18-9-13-29-14-10-18;;/h3-8,16,18,21,24H,2,9-15H2,1H3,(H,25,26,27);2*1H. The molecule has 2 aromatic rings. The van der Waals surface area contributed by atoms with Crippen molar-refractivity contribution in [2.75, 3.05) is 38.8 Å². The lowest BCUT2D eigenvalue weighted by Crippen LogP contribution is -2.21. The summed E-state index contributed by atoms with van der Waals surface area (Å²) in [6, 6.07) is 8.42. The van der Waals surface area contributed by atoms with Crippen LogP contribution in [0.15, 0.2) is 36.5 Å². The number of nitrogens with one attached hydrogen (secondary N) is 2. The monoisotopic (exact) mass is 398 g/mol. The Bertz CT molecular complexity index is 827. The molecule has 0 spiro atoms. The summed E-state index contributed by atoms with van der Waals surface area (Å²) in [5.41, 5.74) is 4.54. The zero-order valence-corrected chi connectivity index (χ0v) is 17.1. The SMILES string of the molecule is COCCCNCc1ccc(Nc2ncc3c(n2)C(C2CCOCC2)C=C3)cc1.[HH].[HH]. The van der Waals surface area contributed by atoms with Gasteiger partial charge in [0.25, 0.3) is 0 Å². The van der Waals surface area contributed by atoms with Crippen LogP contribution in [-0.4, -0.2) is 43.4 Å². The minimum atomic E-state index is 0. The number of hydrogen-bond donors (Lipinski definition) is 2. The lowest BCUT2D eigenvalue weighted by molar-refractivity contribution is 0.0622. The lowest BCUT2D eigenvalue weighted by Gasteiger charge is -2.26. The van der Waals surface area contributed by atoms with Crippen molar-refractivity contribution in [3.63, 3.8) is 0 Å². The molecule has 1 aliphatic carbocycles. The van der Waals surface area contributed by atoms with Crippen LogP contribution in [0.3, 0.4) is 0 Å². The third-order valence-corrected chi connectivity index (χ3v) is 5.66. The van der Waals surface area contributed by atoms with E-state index < -0.39 is 0 Å². The predicted octanol–water partition coefficient (Wildman–Crippen LogP) is 4.38. The molecule has 1 fully saturated rings. The minimum absolute atomic E-state index is 0. The molecule has 0 bridgehead atoms. The summed E-state index contributed by atoms with van der Waals surface area (Å²) in [5, 5.41) is 6.79. The van der Waals surface area contributed by atoms with Gasteiger partial charge in [-0.05, 0) is 49.4 Å². The number of rotatable bonds is 9. The Morgan fingerprint density at radius 1 is 1.21 bits per heavy atom. The number of allylic oxidation sites excluding steroid dienone is 1. The van der Waals surface area contributed by atoms with E-state index in [0.29, 0.717) is 17.8 Å². The molecule has 0 radical (unpaired) electrons. The van der Waals surface area contributed by atoms with Crippen LogP contribution >= 0.6 is 0 Å². The van der Waals surface area contributed by atoms with Gasteiger partial charge < -0.3 is 20.1 Å². The van der Waals surface area contributed by atoms with Gasteiger partial charge in [0, 0.05) is 59.7 Å². The van der Waals surface area contributed by atoms with Gasteiger partial charge >= 0.3 is 0 Å². The van der Waals surface area contributed by atoms with Crippen molar-refractivity contribution in [2.24, 2.45) is 5.92 Å². The first-order chi connectivity index (χ1) is 14.3. The molecule has 2 N–H and O–H groups in total. The van der Waals surface area contributed by atoms with Crippen LogP contribution in [0.4, 0.5) is 11.6 Å². The van der Waals surface area contributed by atoms with E-state index in [-0.39, 0.29) is 2.85 Å². The molecule has 0 saturated carbocycles. The number of aromatic nitrogens is 2. The normalized spacial score (nSPS) is 18.7. The third kappa shape index (κ3) is 5.21. The molecule has 2 heterocycles. The smallest absolute Gasteiger partial charge is 0.227 e. The Labute approximate surface area is 175 Å². The molecule has 1 aromatic heterocycles. The van der Waals surface area contributed by atoms with Crippen molar-refractivity contribution in [2.45, 2.75) is 31.7 Å². The van der Waals surface area contributed by atoms with E-state index >= 15 is 0 Å². The number of fused-ring (bicyclic) bond motifs is 1. The maximum Gasteiger partial charge on any atom is 0.227 e. The molecule has 1 aromatic carbocycles. The van der Waals surface area contributed by atoms with Gasteiger partial charge in [-0.15, -0.1) is 0 Å². The van der Waals surface area contributed by atoms with Gasteiger partial charge in [0.05, 0.1) is 5.69 Å². The van der Waals surface area contributed by atoms with E-state index in [2.05, 4.69) is 52.0 Å². The average molecular weight is 399 g/mol. The molecule has 1 unspecified atom stereocenters. The Balaban J connectivity index is 0.00000171. The maximum atomic E-state index is 5.52. The van der Waals surface area contributed by atoms with E-state index in [1.54, 1.807) is 7.11 Å². The molecule has 0 amide bonds. The van der Waals surface area contributed by atoms with Gasteiger partial charge in [-0.25, -0.2) is 9.97 Å².